The van der Waals surface area contributed by atoms with E-state index in [2.05, 4.69) is 22.0 Å². The summed E-state index contributed by atoms with van der Waals surface area (Å²) in [5.41, 5.74) is 0. The van der Waals surface area contributed by atoms with Gasteiger partial charge < -0.3 is 10.1 Å². The van der Waals surface area contributed by atoms with E-state index in [0.717, 1.165) is 19.2 Å². The second kappa shape index (κ2) is 6.84. The first-order chi connectivity index (χ1) is 7.88. The van der Waals surface area contributed by atoms with Crippen LogP contribution in [-0.4, -0.2) is 61.8 Å². The van der Waals surface area contributed by atoms with Gasteiger partial charge in [0.15, 0.2) is 0 Å². The molecular formula is C12H24N2OS. The molecule has 2 unspecified atom stereocenters. The zero-order valence-corrected chi connectivity index (χ0v) is 11.1. The van der Waals surface area contributed by atoms with Gasteiger partial charge in [-0.05, 0) is 31.6 Å². The second-order valence-electron chi connectivity index (χ2n) is 4.86. The van der Waals surface area contributed by atoms with Crippen LogP contribution in [0.2, 0.25) is 0 Å². The topological polar surface area (TPSA) is 24.5 Å². The van der Waals surface area contributed by atoms with Crippen molar-refractivity contribution in [3.8, 4) is 0 Å². The van der Waals surface area contributed by atoms with E-state index in [-0.39, 0.29) is 0 Å². The van der Waals surface area contributed by atoms with E-state index in [1.165, 1.54) is 43.9 Å². The summed E-state index contributed by atoms with van der Waals surface area (Å²) in [4.78, 5) is 2.53. The number of nitrogens with zero attached hydrogens (tertiary/aromatic N) is 1. The Kier molecular flexibility index (Phi) is 5.42. The van der Waals surface area contributed by atoms with E-state index >= 15 is 0 Å². The van der Waals surface area contributed by atoms with Crippen LogP contribution in [0, 0.1) is 0 Å². The lowest BCUT2D eigenvalue weighted by molar-refractivity contribution is 0.120. The van der Waals surface area contributed by atoms with Gasteiger partial charge in [0, 0.05) is 38.0 Å². The van der Waals surface area contributed by atoms with Gasteiger partial charge in [-0.1, -0.05) is 0 Å². The zero-order chi connectivity index (χ0) is 11.2. The van der Waals surface area contributed by atoms with Crippen LogP contribution in [0.3, 0.4) is 0 Å². The average molecular weight is 244 g/mol. The van der Waals surface area contributed by atoms with Crippen molar-refractivity contribution in [2.24, 2.45) is 0 Å². The van der Waals surface area contributed by atoms with E-state index in [0.29, 0.717) is 6.04 Å². The van der Waals surface area contributed by atoms with Crippen LogP contribution in [0.25, 0.3) is 0 Å². The number of rotatable bonds is 5. The van der Waals surface area contributed by atoms with Crippen LogP contribution >= 0.6 is 11.8 Å². The Morgan fingerprint density at radius 1 is 1.38 bits per heavy atom. The highest BCUT2D eigenvalue weighted by molar-refractivity contribution is 7.99. The molecule has 0 radical (unpaired) electrons. The fourth-order valence-corrected chi connectivity index (χ4v) is 3.78. The highest BCUT2D eigenvalue weighted by atomic mass is 32.2. The minimum absolute atomic E-state index is 0.717. The van der Waals surface area contributed by atoms with Crippen molar-refractivity contribution in [3.63, 3.8) is 0 Å². The molecule has 2 aliphatic rings. The Bertz CT molecular complexity index is 197. The quantitative estimate of drug-likeness (QED) is 0.785. The first-order valence-corrected chi connectivity index (χ1v) is 7.59. The molecule has 2 atom stereocenters. The third kappa shape index (κ3) is 3.91. The van der Waals surface area contributed by atoms with Crippen molar-refractivity contribution in [2.45, 2.75) is 31.3 Å². The van der Waals surface area contributed by atoms with E-state index in [9.17, 15) is 0 Å². The van der Waals surface area contributed by atoms with Crippen LogP contribution in [0.15, 0.2) is 0 Å². The van der Waals surface area contributed by atoms with Crippen LogP contribution in [0.1, 0.15) is 19.3 Å². The molecule has 0 aromatic carbocycles. The lowest BCUT2D eigenvalue weighted by Gasteiger charge is -2.34. The molecule has 2 heterocycles. The summed E-state index contributed by atoms with van der Waals surface area (Å²) < 4.78 is 5.15. The predicted molar refractivity (Wildman–Crippen MR) is 70.2 cm³/mol. The van der Waals surface area contributed by atoms with Gasteiger partial charge in [0.2, 0.25) is 0 Å². The van der Waals surface area contributed by atoms with Gasteiger partial charge in [0.25, 0.3) is 0 Å². The SMILES string of the molecule is COCCN1CCCC(NC2CCSC2)C1. The molecule has 4 heteroatoms. The Hall–Kier alpha value is 0.230. The summed E-state index contributed by atoms with van der Waals surface area (Å²) in [6, 6.07) is 1.49. The number of hydrogen-bond acceptors (Lipinski definition) is 4. The molecule has 2 rings (SSSR count). The number of likely N-dealkylation sites (tertiary alicyclic amines) is 1. The van der Waals surface area contributed by atoms with Crippen LogP contribution in [0.5, 0.6) is 0 Å². The van der Waals surface area contributed by atoms with Crippen molar-refractivity contribution in [1.29, 1.82) is 0 Å². The molecule has 0 bridgehead atoms. The van der Waals surface area contributed by atoms with Crippen LogP contribution in [0.4, 0.5) is 0 Å². The lowest BCUT2D eigenvalue weighted by Crippen LogP contribution is -2.49. The number of methoxy groups -OCH3 is 1. The van der Waals surface area contributed by atoms with E-state index in [1.54, 1.807) is 7.11 Å². The van der Waals surface area contributed by atoms with E-state index in [4.69, 9.17) is 4.74 Å². The monoisotopic (exact) mass is 244 g/mol. The van der Waals surface area contributed by atoms with Gasteiger partial charge in [-0.2, -0.15) is 11.8 Å². The maximum atomic E-state index is 5.15. The van der Waals surface area contributed by atoms with Crippen molar-refractivity contribution in [2.75, 3.05) is 44.9 Å². The molecule has 0 spiro atoms. The summed E-state index contributed by atoms with van der Waals surface area (Å²) >= 11 is 2.09. The zero-order valence-electron chi connectivity index (χ0n) is 10.3. The standard InChI is InChI=1S/C12H24N2OS/c1-15-7-6-14-5-2-3-11(9-14)13-12-4-8-16-10-12/h11-13H,2-10H2,1H3. The number of piperidine rings is 1. The van der Waals surface area contributed by atoms with Crippen LogP contribution in [-0.2, 0) is 4.74 Å². The summed E-state index contributed by atoms with van der Waals surface area (Å²) in [5, 5.41) is 3.82. The normalized spacial score (nSPS) is 32.1. The highest BCUT2D eigenvalue weighted by Gasteiger charge is 2.23. The minimum Gasteiger partial charge on any atom is -0.383 e. The van der Waals surface area contributed by atoms with Crippen molar-refractivity contribution in [3.05, 3.63) is 0 Å². The molecule has 1 N–H and O–H groups in total. The third-order valence-corrected chi connectivity index (χ3v) is 4.68. The third-order valence-electron chi connectivity index (χ3n) is 3.52. The second-order valence-corrected chi connectivity index (χ2v) is 6.01. The Balaban J connectivity index is 1.68. The summed E-state index contributed by atoms with van der Waals surface area (Å²) in [5.74, 6) is 2.66. The lowest BCUT2D eigenvalue weighted by atomic mass is 10.0. The minimum atomic E-state index is 0.717. The Labute approximate surface area is 103 Å². The number of ether oxygens (including phenoxy) is 1. The van der Waals surface area contributed by atoms with Crippen LogP contribution < -0.4 is 5.32 Å². The summed E-state index contributed by atoms with van der Waals surface area (Å²) in [7, 11) is 1.79. The van der Waals surface area contributed by atoms with Gasteiger partial charge in [-0.3, -0.25) is 4.90 Å². The smallest absolute Gasteiger partial charge is 0.0589 e. The Morgan fingerprint density at radius 3 is 3.06 bits per heavy atom. The molecule has 0 aromatic heterocycles. The number of hydrogen-bond donors (Lipinski definition) is 1. The summed E-state index contributed by atoms with van der Waals surface area (Å²) in [6.07, 6.45) is 4.05. The first kappa shape index (κ1) is 12.7. The molecule has 2 aliphatic heterocycles. The number of thioether (sulfide) groups is 1. The van der Waals surface area contributed by atoms with Gasteiger partial charge >= 0.3 is 0 Å². The maximum absolute atomic E-state index is 5.15. The summed E-state index contributed by atoms with van der Waals surface area (Å²) in [6.45, 7) is 4.42. The molecule has 2 saturated heterocycles. The molecule has 16 heavy (non-hydrogen) atoms. The first-order valence-electron chi connectivity index (χ1n) is 6.43. The van der Waals surface area contributed by atoms with E-state index < -0.39 is 0 Å². The molecule has 0 aliphatic carbocycles. The molecule has 0 saturated carbocycles. The van der Waals surface area contributed by atoms with Crippen molar-refractivity contribution < 1.29 is 4.74 Å². The van der Waals surface area contributed by atoms with Gasteiger partial charge in [0.1, 0.15) is 0 Å². The maximum Gasteiger partial charge on any atom is 0.0589 e. The van der Waals surface area contributed by atoms with Gasteiger partial charge in [0.05, 0.1) is 6.61 Å². The highest BCUT2D eigenvalue weighted by Crippen LogP contribution is 2.19. The van der Waals surface area contributed by atoms with Gasteiger partial charge in [-0.15, -0.1) is 0 Å². The largest absolute Gasteiger partial charge is 0.383 e. The number of nitrogens with one attached hydrogen (secondary N) is 1. The van der Waals surface area contributed by atoms with Crippen molar-refractivity contribution >= 4 is 11.8 Å². The molecule has 3 nitrogen and oxygen atoms in total. The molecule has 0 amide bonds. The molecule has 2 fully saturated rings. The molecule has 0 aromatic rings. The van der Waals surface area contributed by atoms with Gasteiger partial charge in [-0.25, -0.2) is 0 Å². The predicted octanol–water partition coefficient (Wildman–Crippen LogP) is 1.19. The average Bonchev–Trinajstić information content (AvgIpc) is 2.80. The van der Waals surface area contributed by atoms with E-state index in [1.807, 2.05) is 0 Å². The Morgan fingerprint density at radius 2 is 2.31 bits per heavy atom. The molecular weight excluding hydrogens is 220 g/mol. The fourth-order valence-electron chi connectivity index (χ4n) is 2.61. The molecule has 94 valence electrons. The fraction of sp³-hybridized carbons (Fsp3) is 1.00. The van der Waals surface area contributed by atoms with Crippen molar-refractivity contribution in [1.82, 2.24) is 10.2 Å².